The van der Waals surface area contributed by atoms with Crippen LogP contribution in [-0.4, -0.2) is 63.9 Å². The van der Waals surface area contributed by atoms with Gasteiger partial charge in [-0.2, -0.15) is 4.98 Å². The molecule has 0 aromatic carbocycles. The number of anilines is 3. The minimum absolute atomic E-state index is 0.0337. The Bertz CT molecular complexity index is 955. The fraction of sp³-hybridized carbons (Fsp3) is 0.412. The second-order valence-corrected chi connectivity index (χ2v) is 6.96. The lowest BCUT2D eigenvalue weighted by molar-refractivity contribution is 0.0697. The quantitative estimate of drug-likeness (QED) is 0.704. The van der Waals surface area contributed by atoms with Crippen LogP contribution in [0.3, 0.4) is 0 Å². The van der Waals surface area contributed by atoms with E-state index in [1.165, 1.54) is 6.20 Å². The maximum atomic E-state index is 11.0. The molecule has 28 heavy (non-hydrogen) atoms. The minimum Gasteiger partial charge on any atom is -0.477 e. The number of carbonyl (C=O) groups is 1. The molecule has 0 saturated carbocycles. The molecule has 4 heterocycles. The fourth-order valence-electron chi connectivity index (χ4n) is 3.57. The summed E-state index contributed by atoms with van der Waals surface area (Å²) < 4.78 is 0. The van der Waals surface area contributed by atoms with Gasteiger partial charge in [0.1, 0.15) is 11.4 Å². The van der Waals surface area contributed by atoms with Crippen LogP contribution in [0.25, 0.3) is 0 Å². The summed E-state index contributed by atoms with van der Waals surface area (Å²) in [5.74, 6) is 2.29. The SMILES string of the molecule is N#CB1CCc2nc(N3CCN(c4ncc(C(=O)O)c(N)n4)CC3)ncc2C1. The average molecular weight is 378 g/mol. The van der Waals surface area contributed by atoms with Crippen LogP contribution in [0.15, 0.2) is 12.4 Å². The van der Waals surface area contributed by atoms with Gasteiger partial charge in [-0.1, -0.05) is 6.32 Å². The number of nitriles is 1. The molecule has 4 rings (SSSR count). The zero-order valence-corrected chi connectivity index (χ0v) is 15.2. The summed E-state index contributed by atoms with van der Waals surface area (Å²) in [7, 11) is 0. The average Bonchev–Trinajstić information content (AvgIpc) is 2.72. The molecule has 2 aromatic heterocycles. The number of piperazine rings is 1. The number of nitrogens with two attached hydrogens (primary N) is 1. The number of hydrogen-bond donors (Lipinski definition) is 2. The zero-order valence-electron chi connectivity index (χ0n) is 15.2. The lowest BCUT2D eigenvalue weighted by Gasteiger charge is -2.35. The van der Waals surface area contributed by atoms with Gasteiger partial charge in [-0.15, -0.1) is 0 Å². The molecular formula is C17H19BN8O2. The molecule has 3 N–H and O–H groups in total. The number of carboxylic acids is 1. The molecular weight excluding hydrogens is 359 g/mol. The van der Waals surface area contributed by atoms with Gasteiger partial charge in [0.2, 0.25) is 11.9 Å². The molecule has 0 aliphatic carbocycles. The smallest absolute Gasteiger partial charge is 0.341 e. The van der Waals surface area contributed by atoms with Crippen molar-refractivity contribution in [3.63, 3.8) is 0 Å². The van der Waals surface area contributed by atoms with Crippen molar-refractivity contribution in [2.75, 3.05) is 41.7 Å². The van der Waals surface area contributed by atoms with E-state index in [1.807, 2.05) is 11.1 Å². The van der Waals surface area contributed by atoms with E-state index in [4.69, 9.17) is 21.1 Å². The molecule has 0 unspecified atom stereocenters. The van der Waals surface area contributed by atoms with Gasteiger partial charge in [0, 0.05) is 50.2 Å². The Morgan fingerprint density at radius 3 is 2.39 bits per heavy atom. The highest BCUT2D eigenvalue weighted by atomic mass is 16.4. The second-order valence-electron chi connectivity index (χ2n) is 6.96. The Labute approximate surface area is 162 Å². The van der Waals surface area contributed by atoms with Gasteiger partial charge in [-0.25, -0.2) is 25.0 Å². The summed E-state index contributed by atoms with van der Waals surface area (Å²) in [4.78, 5) is 32.6. The molecule has 2 aromatic rings. The highest BCUT2D eigenvalue weighted by Crippen LogP contribution is 2.22. The van der Waals surface area contributed by atoms with E-state index >= 15 is 0 Å². The van der Waals surface area contributed by atoms with E-state index in [2.05, 4.69) is 25.8 Å². The summed E-state index contributed by atoms with van der Waals surface area (Å²) in [6.45, 7) is 2.77. The molecule has 0 atom stereocenters. The number of nitrogen functional groups attached to an aromatic ring is 1. The van der Waals surface area contributed by atoms with Gasteiger partial charge in [0.25, 0.3) is 6.71 Å². The molecule has 0 radical (unpaired) electrons. The number of rotatable bonds is 3. The minimum atomic E-state index is -1.14. The summed E-state index contributed by atoms with van der Waals surface area (Å²) in [5, 5.41) is 18.1. The van der Waals surface area contributed by atoms with Crippen LogP contribution >= 0.6 is 0 Å². The predicted molar refractivity (Wildman–Crippen MR) is 103 cm³/mol. The summed E-state index contributed by atoms with van der Waals surface area (Å²) >= 11 is 0. The first-order chi connectivity index (χ1) is 13.5. The van der Waals surface area contributed by atoms with Crippen LogP contribution in [0.4, 0.5) is 17.7 Å². The number of carboxylic acid groups (broad SMARTS) is 1. The highest BCUT2D eigenvalue weighted by molar-refractivity contribution is 6.66. The molecule has 0 amide bonds. The van der Waals surface area contributed by atoms with Crippen LogP contribution in [0, 0.1) is 11.2 Å². The van der Waals surface area contributed by atoms with E-state index < -0.39 is 5.97 Å². The molecule has 1 saturated heterocycles. The highest BCUT2D eigenvalue weighted by Gasteiger charge is 2.26. The molecule has 142 valence electrons. The number of aromatic carboxylic acids is 1. The number of hydrogen-bond acceptors (Lipinski definition) is 9. The van der Waals surface area contributed by atoms with Crippen molar-refractivity contribution < 1.29 is 9.90 Å². The zero-order chi connectivity index (χ0) is 19.7. The van der Waals surface area contributed by atoms with Gasteiger partial charge in [-0.05, 0) is 18.3 Å². The van der Waals surface area contributed by atoms with Crippen LogP contribution in [-0.2, 0) is 12.7 Å². The third kappa shape index (κ3) is 3.41. The van der Waals surface area contributed by atoms with E-state index in [9.17, 15) is 4.79 Å². The number of fused-ring (bicyclic) bond motifs is 1. The Morgan fingerprint density at radius 1 is 1.14 bits per heavy atom. The topological polar surface area (TPSA) is 145 Å². The summed E-state index contributed by atoms with van der Waals surface area (Å²) in [6, 6.07) is 0. The van der Waals surface area contributed by atoms with Crippen molar-refractivity contribution in [3.8, 4) is 5.97 Å². The molecule has 11 heteroatoms. The third-order valence-corrected chi connectivity index (χ3v) is 5.20. The van der Waals surface area contributed by atoms with Gasteiger partial charge < -0.3 is 20.6 Å². The standard InChI is InChI=1S/C17H19BN8O2/c19-10-18-2-1-13-11(7-18)8-21-16(23-13)25-3-5-26(6-4-25)17-22-9-12(15(27)28)14(20)24-17/h8-9H,1-7H2,(H,27,28)(H2,20,22,24). The molecule has 10 nitrogen and oxygen atoms in total. The summed E-state index contributed by atoms with van der Waals surface area (Å²) in [5.41, 5.74) is 7.74. The monoisotopic (exact) mass is 378 g/mol. The Balaban J connectivity index is 1.43. The van der Waals surface area contributed by atoms with Crippen molar-refractivity contribution in [1.82, 2.24) is 19.9 Å². The van der Waals surface area contributed by atoms with Crippen molar-refractivity contribution in [1.29, 1.82) is 5.26 Å². The van der Waals surface area contributed by atoms with Crippen LogP contribution in [0.5, 0.6) is 0 Å². The van der Waals surface area contributed by atoms with Crippen molar-refractivity contribution in [2.45, 2.75) is 19.1 Å². The number of nitrogens with zero attached hydrogens (tertiary/aromatic N) is 7. The van der Waals surface area contributed by atoms with E-state index in [1.54, 1.807) is 0 Å². The van der Waals surface area contributed by atoms with Crippen LogP contribution < -0.4 is 15.5 Å². The Kier molecular flexibility index (Phi) is 4.69. The van der Waals surface area contributed by atoms with Gasteiger partial charge in [-0.3, -0.25) is 0 Å². The maximum Gasteiger partial charge on any atom is 0.341 e. The van der Waals surface area contributed by atoms with Gasteiger partial charge >= 0.3 is 5.97 Å². The third-order valence-electron chi connectivity index (χ3n) is 5.20. The number of aromatic nitrogens is 4. The number of aryl methyl sites for hydroxylation is 1. The lowest BCUT2D eigenvalue weighted by Crippen LogP contribution is -2.48. The van der Waals surface area contributed by atoms with E-state index in [0.29, 0.717) is 38.1 Å². The molecule has 0 bridgehead atoms. The largest absolute Gasteiger partial charge is 0.477 e. The van der Waals surface area contributed by atoms with Crippen LogP contribution in [0.1, 0.15) is 21.6 Å². The van der Waals surface area contributed by atoms with Crippen molar-refractivity contribution in [2.24, 2.45) is 0 Å². The first-order valence-electron chi connectivity index (χ1n) is 9.15. The Morgan fingerprint density at radius 2 is 1.79 bits per heavy atom. The van der Waals surface area contributed by atoms with Crippen molar-refractivity contribution in [3.05, 3.63) is 29.2 Å². The Hall–Kier alpha value is -3.42. The lowest BCUT2D eigenvalue weighted by atomic mass is 9.43. The van der Waals surface area contributed by atoms with E-state index in [0.717, 1.165) is 30.3 Å². The second kappa shape index (κ2) is 7.30. The fourth-order valence-corrected chi connectivity index (χ4v) is 3.57. The normalized spacial score (nSPS) is 16.5. The molecule has 1 fully saturated rings. The van der Waals surface area contributed by atoms with Crippen LogP contribution in [0.2, 0.25) is 6.32 Å². The maximum absolute atomic E-state index is 11.0. The molecule has 0 spiro atoms. The predicted octanol–water partition coefficient (Wildman–Crippen LogP) is 0.0690. The van der Waals surface area contributed by atoms with Gasteiger partial charge in [0.05, 0.1) is 0 Å². The molecule has 2 aliphatic heterocycles. The first-order valence-corrected chi connectivity index (χ1v) is 9.15. The molecule has 2 aliphatic rings. The van der Waals surface area contributed by atoms with E-state index in [-0.39, 0.29) is 18.1 Å². The van der Waals surface area contributed by atoms with Gasteiger partial charge in [0.15, 0.2) is 0 Å². The van der Waals surface area contributed by atoms with Crippen molar-refractivity contribution >= 4 is 30.4 Å². The first kappa shape index (κ1) is 18.0. The summed E-state index contributed by atoms with van der Waals surface area (Å²) in [6.07, 6.45) is 5.48.